The molecule has 1 unspecified atom stereocenters. The molecule has 0 aromatic heterocycles. The minimum absolute atomic E-state index is 0.0222. The summed E-state index contributed by atoms with van der Waals surface area (Å²) in [6.07, 6.45) is 5.11. The van der Waals surface area contributed by atoms with Crippen LogP contribution in [0.25, 0.3) is 0 Å². The first kappa shape index (κ1) is 23.2. The number of fused-ring (bicyclic) bond motifs is 1. The van der Waals surface area contributed by atoms with Crippen molar-refractivity contribution in [3.05, 3.63) is 41.6 Å². The van der Waals surface area contributed by atoms with E-state index in [-0.39, 0.29) is 30.1 Å². The number of carbonyl (C=O) groups is 2. The topological polar surface area (TPSA) is 71.1 Å². The number of alkyl halides is 2. The molecular weight excluding hydrogens is 444 g/mol. The van der Waals surface area contributed by atoms with Gasteiger partial charge < -0.3 is 19.7 Å². The van der Waals surface area contributed by atoms with E-state index in [1.54, 1.807) is 11.0 Å². The van der Waals surface area contributed by atoms with Crippen LogP contribution in [0.3, 0.4) is 0 Å². The molecule has 4 aliphatic rings. The first-order valence-electron chi connectivity index (χ1n) is 12.2. The molecule has 1 aromatic rings. The fraction of sp³-hybridized carbons (Fsp3) is 0.600. The number of nitrogens with zero attached hydrogens (tertiary/aromatic N) is 2. The summed E-state index contributed by atoms with van der Waals surface area (Å²) in [7, 11) is 0. The Morgan fingerprint density at radius 1 is 1.09 bits per heavy atom. The minimum Gasteiger partial charge on any atom is -0.489 e. The Labute approximate surface area is 198 Å². The molecule has 1 aromatic carbocycles. The third-order valence-corrected chi connectivity index (χ3v) is 7.55. The fourth-order valence-corrected chi connectivity index (χ4v) is 5.83. The number of amides is 2. The number of hydrogen-bond acceptors (Lipinski definition) is 5. The van der Waals surface area contributed by atoms with Gasteiger partial charge in [0, 0.05) is 36.9 Å². The third kappa shape index (κ3) is 4.68. The van der Waals surface area contributed by atoms with Crippen LogP contribution in [0.1, 0.15) is 60.9 Å². The highest BCUT2D eigenvalue weighted by Gasteiger charge is 2.39. The van der Waals surface area contributed by atoms with Gasteiger partial charge in [0.25, 0.3) is 5.91 Å². The molecule has 5 rings (SSSR count). The van der Waals surface area contributed by atoms with E-state index in [1.165, 1.54) is 0 Å². The number of allylic oxidation sites excluding steroid dienone is 1. The van der Waals surface area contributed by atoms with Gasteiger partial charge >= 0.3 is 6.61 Å². The van der Waals surface area contributed by atoms with Gasteiger partial charge in [-0.05, 0) is 68.7 Å². The van der Waals surface area contributed by atoms with Gasteiger partial charge in [-0.15, -0.1) is 0 Å². The molecule has 3 heterocycles. The molecule has 3 atom stereocenters. The van der Waals surface area contributed by atoms with Gasteiger partial charge in [0.1, 0.15) is 17.9 Å². The second-order valence-corrected chi connectivity index (χ2v) is 9.69. The predicted octanol–water partition coefficient (Wildman–Crippen LogP) is 3.44. The SMILES string of the molecule is C=C1CCC(N2Cc3cc(O[C@@H]4CCC[C@H]4N4CCC(OC(F)F)CC4)ccc3C2=O)C(=O)N1. The highest BCUT2D eigenvalue weighted by atomic mass is 19.3. The van der Waals surface area contributed by atoms with Gasteiger partial charge in [-0.3, -0.25) is 14.5 Å². The van der Waals surface area contributed by atoms with E-state index >= 15 is 0 Å². The molecule has 1 aliphatic carbocycles. The molecule has 3 fully saturated rings. The lowest BCUT2D eigenvalue weighted by Gasteiger charge is -2.38. The van der Waals surface area contributed by atoms with Crippen LogP contribution in [-0.2, 0) is 16.1 Å². The molecule has 2 amide bonds. The van der Waals surface area contributed by atoms with Gasteiger partial charge in [0.2, 0.25) is 5.91 Å². The van der Waals surface area contributed by atoms with E-state index in [4.69, 9.17) is 4.74 Å². The Hall–Kier alpha value is -2.52. The number of halogens is 2. The Bertz CT molecular complexity index is 963. The maximum absolute atomic E-state index is 12.9. The van der Waals surface area contributed by atoms with Gasteiger partial charge in [-0.1, -0.05) is 6.58 Å². The van der Waals surface area contributed by atoms with E-state index in [9.17, 15) is 18.4 Å². The molecule has 9 heteroatoms. The Balaban J connectivity index is 1.22. The van der Waals surface area contributed by atoms with E-state index in [1.807, 2.05) is 12.1 Å². The lowest BCUT2D eigenvalue weighted by atomic mass is 10.0. The van der Waals surface area contributed by atoms with Gasteiger partial charge in [-0.25, -0.2) is 0 Å². The summed E-state index contributed by atoms with van der Waals surface area (Å²) in [5, 5.41) is 2.76. The van der Waals surface area contributed by atoms with Crippen molar-refractivity contribution in [1.29, 1.82) is 0 Å². The summed E-state index contributed by atoms with van der Waals surface area (Å²) in [4.78, 5) is 29.3. The Morgan fingerprint density at radius 2 is 1.88 bits per heavy atom. The Morgan fingerprint density at radius 3 is 2.62 bits per heavy atom. The first-order valence-corrected chi connectivity index (χ1v) is 12.2. The lowest BCUT2D eigenvalue weighted by molar-refractivity contribution is -0.174. The summed E-state index contributed by atoms with van der Waals surface area (Å²) in [5.74, 6) is 0.426. The molecule has 184 valence electrons. The van der Waals surface area contributed by atoms with Crippen LogP contribution < -0.4 is 10.1 Å². The monoisotopic (exact) mass is 475 g/mol. The smallest absolute Gasteiger partial charge is 0.345 e. The van der Waals surface area contributed by atoms with E-state index in [0.717, 1.165) is 43.7 Å². The van der Waals surface area contributed by atoms with E-state index < -0.39 is 12.7 Å². The summed E-state index contributed by atoms with van der Waals surface area (Å²) < 4.78 is 36.1. The number of hydrogen-bond donors (Lipinski definition) is 1. The van der Waals surface area contributed by atoms with Crippen molar-refractivity contribution in [1.82, 2.24) is 15.1 Å². The maximum atomic E-state index is 12.9. The lowest BCUT2D eigenvalue weighted by Crippen LogP contribution is -2.49. The number of ether oxygens (including phenoxy) is 2. The molecule has 34 heavy (non-hydrogen) atoms. The first-order chi connectivity index (χ1) is 16.4. The van der Waals surface area contributed by atoms with Crippen molar-refractivity contribution in [2.75, 3.05) is 13.1 Å². The molecule has 0 radical (unpaired) electrons. The zero-order valence-corrected chi connectivity index (χ0v) is 19.2. The number of rotatable bonds is 6. The number of benzene rings is 1. The van der Waals surface area contributed by atoms with Gasteiger partial charge in [-0.2, -0.15) is 8.78 Å². The number of carbonyl (C=O) groups excluding carboxylic acids is 2. The van der Waals surface area contributed by atoms with Crippen LogP contribution in [-0.4, -0.2) is 65.6 Å². The van der Waals surface area contributed by atoms with Gasteiger partial charge in [0.15, 0.2) is 0 Å². The van der Waals surface area contributed by atoms with Crippen molar-refractivity contribution < 1.29 is 27.8 Å². The van der Waals surface area contributed by atoms with Crippen LogP contribution in [0.4, 0.5) is 8.78 Å². The molecule has 3 aliphatic heterocycles. The summed E-state index contributed by atoms with van der Waals surface area (Å²) in [5.41, 5.74) is 2.19. The largest absolute Gasteiger partial charge is 0.489 e. The quantitative estimate of drug-likeness (QED) is 0.683. The normalized spacial score (nSPS) is 28.5. The second kappa shape index (κ2) is 9.62. The number of likely N-dealkylation sites (tertiary alicyclic amines) is 1. The molecular formula is C25H31F2N3O4. The van der Waals surface area contributed by atoms with Crippen LogP contribution in [0.15, 0.2) is 30.5 Å². The molecule has 7 nitrogen and oxygen atoms in total. The molecule has 0 spiro atoms. The number of piperidine rings is 2. The van der Waals surface area contributed by atoms with Crippen molar-refractivity contribution in [3.8, 4) is 5.75 Å². The predicted molar refractivity (Wildman–Crippen MR) is 120 cm³/mol. The second-order valence-electron chi connectivity index (χ2n) is 9.69. The van der Waals surface area contributed by atoms with Crippen LogP contribution in [0.2, 0.25) is 0 Å². The average molecular weight is 476 g/mol. The highest BCUT2D eigenvalue weighted by Crippen LogP contribution is 2.34. The summed E-state index contributed by atoms with van der Waals surface area (Å²) >= 11 is 0. The van der Waals surface area contributed by atoms with Crippen molar-refractivity contribution in [2.45, 2.75) is 82.4 Å². The minimum atomic E-state index is -2.71. The van der Waals surface area contributed by atoms with E-state index in [0.29, 0.717) is 43.5 Å². The fourth-order valence-electron chi connectivity index (χ4n) is 5.83. The average Bonchev–Trinajstić information content (AvgIpc) is 3.38. The molecule has 1 saturated carbocycles. The third-order valence-electron chi connectivity index (χ3n) is 7.55. The van der Waals surface area contributed by atoms with Crippen LogP contribution >= 0.6 is 0 Å². The van der Waals surface area contributed by atoms with Crippen molar-refractivity contribution in [3.63, 3.8) is 0 Å². The summed E-state index contributed by atoms with van der Waals surface area (Å²) in [6, 6.07) is 5.32. The maximum Gasteiger partial charge on any atom is 0.345 e. The standard InChI is InChI=1S/C25H31F2N3O4/c1-15-5-8-21(23(31)28-15)30-14-16-13-18(6-7-19(16)24(30)32)33-22-4-2-3-20(22)29-11-9-17(10-12-29)34-25(26)27/h6-7,13,17,20-22,25H,1-5,8-12,14H2,(H,28,31)/t20-,21?,22-/m1/s1. The number of nitrogens with one attached hydrogen (secondary N) is 1. The van der Waals surface area contributed by atoms with Crippen LogP contribution in [0.5, 0.6) is 5.75 Å². The van der Waals surface area contributed by atoms with Crippen molar-refractivity contribution in [2.24, 2.45) is 0 Å². The zero-order chi connectivity index (χ0) is 23.8. The molecule has 1 N–H and O–H groups in total. The molecule has 2 saturated heterocycles. The highest BCUT2D eigenvalue weighted by molar-refractivity contribution is 6.01. The zero-order valence-electron chi connectivity index (χ0n) is 19.2. The van der Waals surface area contributed by atoms with Crippen molar-refractivity contribution >= 4 is 11.8 Å². The Kier molecular flexibility index (Phi) is 6.57. The molecule has 0 bridgehead atoms. The summed E-state index contributed by atoms with van der Waals surface area (Å²) in [6.45, 7) is 2.94. The van der Waals surface area contributed by atoms with E-state index in [2.05, 4.69) is 21.5 Å². The van der Waals surface area contributed by atoms with Crippen LogP contribution in [0, 0.1) is 0 Å². The van der Waals surface area contributed by atoms with Gasteiger partial charge in [0.05, 0.1) is 6.10 Å².